The Hall–Kier alpha value is -1.17. The second-order valence-electron chi connectivity index (χ2n) is 4.03. The normalized spacial score (nSPS) is 49.9. The molecule has 0 aromatic heterocycles. The molecule has 2 fully saturated rings. The quantitative estimate of drug-likeness (QED) is 0.559. The summed E-state index contributed by atoms with van der Waals surface area (Å²) in [6, 6.07) is 0. The second-order valence-corrected chi connectivity index (χ2v) is 4.03. The molecular formula is C8H10FNO4. The Kier molecular flexibility index (Phi) is 1.64. The Morgan fingerprint density at radius 2 is 2.00 bits per heavy atom. The first-order valence-corrected chi connectivity index (χ1v) is 4.28. The van der Waals surface area contributed by atoms with Crippen molar-refractivity contribution in [3.63, 3.8) is 0 Å². The molecule has 2 aliphatic rings. The topological polar surface area (TPSA) is 101 Å². The van der Waals surface area contributed by atoms with E-state index in [0.717, 1.165) is 0 Å². The first kappa shape index (κ1) is 9.39. The Bertz CT molecular complexity index is 320. The molecule has 0 saturated heterocycles. The summed E-state index contributed by atoms with van der Waals surface area (Å²) < 4.78 is 13.2. The third-order valence-electron chi connectivity index (χ3n) is 3.30. The summed E-state index contributed by atoms with van der Waals surface area (Å²) in [5.41, 5.74) is 3.82. The fraction of sp³-hybridized carbons (Fsp3) is 0.750. The van der Waals surface area contributed by atoms with Crippen LogP contribution in [0.15, 0.2) is 0 Å². The predicted octanol–water partition coefficient (Wildman–Crippen LogP) is -0.543. The van der Waals surface area contributed by atoms with Gasteiger partial charge in [-0.15, -0.1) is 0 Å². The number of aliphatic carboxylic acids is 2. The van der Waals surface area contributed by atoms with Crippen LogP contribution in [0.25, 0.3) is 0 Å². The lowest BCUT2D eigenvalue weighted by atomic mass is 9.91. The number of halogens is 1. The molecule has 14 heavy (non-hydrogen) atoms. The Labute approximate surface area is 78.7 Å². The predicted molar refractivity (Wildman–Crippen MR) is 42.2 cm³/mol. The molecule has 78 valence electrons. The van der Waals surface area contributed by atoms with Gasteiger partial charge in [-0.1, -0.05) is 0 Å². The van der Waals surface area contributed by atoms with Crippen LogP contribution in [-0.2, 0) is 9.59 Å². The van der Waals surface area contributed by atoms with Crippen LogP contribution < -0.4 is 5.73 Å². The van der Waals surface area contributed by atoms with Gasteiger partial charge in [-0.25, -0.2) is 4.39 Å². The number of carbonyl (C=O) groups is 2. The molecule has 0 bridgehead atoms. The van der Waals surface area contributed by atoms with Crippen molar-refractivity contribution >= 4 is 11.9 Å². The molecule has 0 aromatic carbocycles. The smallest absolute Gasteiger partial charge is 0.324 e. The van der Waals surface area contributed by atoms with Gasteiger partial charge in [0.2, 0.25) is 0 Å². The molecule has 0 heterocycles. The van der Waals surface area contributed by atoms with Gasteiger partial charge in [-0.3, -0.25) is 9.59 Å². The molecule has 0 aromatic rings. The average molecular weight is 203 g/mol. The molecule has 2 rings (SSSR count). The Morgan fingerprint density at radius 1 is 1.43 bits per heavy atom. The largest absolute Gasteiger partial charge is 0.481 e. The first-order chi connectivity index (χ1) is 6.39. The van der Waals surface area contributed by atoms with Crippen molar-refractivity contribution in [2.75, 3.05) is 0 Å². The number of carboxylic acids is 2. The van der Waals surface area contributed by atoms with Crippen molar-refractivity contribution in [1.82, 2.24) is 0 Å². The minimum atomic E-state index is -1.69. The van der Waals surface area contributed by atoms with Crippen molar-refractivity contribution < 1.29 is 24.2 Å². The lowest BCUT2D eigenvalue weighted by Crippen LogP contribution is -2.50. The fourth-order valence-electron chi connectivity index (χ4n) is 2.59. The van der Waals surface area contributed by atoms with Crippen LogP contribution in [0.4, 0.5) is 4.39 Å². The number of alkyl halides is 1. The van der Waals surface area contributed by atoms with Crippen molar-refractivity contribution in [3.8, 4) is 0 Å². The van der Waals surface area contributed by atoms with Crippen LogP contribution in [0.5, 0.6) is 0 Å². The number of hydrogen-bond donors (Lipinski definition) is 3. The standard InChI is InChI=1S/C8H10FNO4/c9-2-1-8(10,7(13)14)5-3(2)4(5)6(11)12/h2-5H,1,10H2,(H,11,12)(H,13,14)/t2-,3+,4+,5+,8+/m0/s1. The molecule has 5 atom stereocenters. The summed E-state index contributed by atoms with van der Waals surface area (Å²) >= 11 is 0. The molecule has 2 saturated carbocycles. The molecule has 0 unspecified atom stereocenters. The molecule has 2 aliphatic carbocycles. The molecular weight excluding hydrogens is 193 g/mol. The highest BCUT2D eigenvalue weighted by Gasteiger charge is 2.74. The lowest BCUT2D eigenvalue weighted by Gasteiger charge is -2.21. The monoisotopic (exact) mass is 203 g/mol. The minimum Gasteiger partial charge on any atom is -0.481 e. The number of carboxylic acid groups (broad SMARTS) is 2. The van der Waals surface area contributed by atoms with Gasteiger partial charge >= 0.3 is 11.9 Å². The molecule has 0 spiro atoms. The molecule has 4 N–H and O–H groups in total. The maximum Gasteiger partial charge on any atom is 0.324 e. The maximum atomic E-state index is 13.2. The number of rotatable bonds is 2. The van der Waals surface area contributed by atoms with Gasteiger partial charge in [0.1, 0.15) is 11.7 Å². The molecule has 0 aliphatic heterocycles. The van der Waals surface area contributed by atoms with E-state index in [-0.39, 0.29) is 6.42 Å². The van der Waals surface area contributed by atoms with E-state index in [2.05, 4.69) is 0 Å². The van der Waals surface area contributed by atoms with E-state index in [4.69, 9.17) is 15.9 Å². The summed E-state index contributed by atoms with van der Waals surface area (Å²) in [4.78, 5) is 21.4. The zero-order valence-electron chi connectivity index (χ0n) is 7.18. The number of fused-ring (bicyclic) bond motifs is 1. The van der Waals surface area contributed by atoms with Crippen molar-refractivity contribution in [1.29, 1.82) is 0 Å². The van der Waals surface area contributed by atoms with E-state index < -0.39 is 41.4 Å². The number of nitrogens with two attached hydrogens (primary N) is 1. The van der Waals surface area contributed by atoms with Crippen LogP contribution in [0.2, 0.25) is 0 Å². The van der Waals surface area contributed by atoms with E-state index in [9.17, 15) is 14.0 Å². The summed E-state index contributed by atoms with van der Waals surface area (Å²) in [5.74, 6) is -4.82. The highest BCUT2D eigenvalue weighted by atomic mass is 19.1. The Balaban J connectivity index is 2.26. The highest BCUT2D eigenvalue weighted by Crippen LogP contribution is 2.62. The summed E-state index contributed by atoms with van der Waals surface area (Å²) in [6.45, 7) is 0. The van der Waals surface area contributed by atoms with Crippen LogP contribution in [-0.4, -0.2) is 33.9 Å². The van der Waals surface area contributed by atoms with Crippen molar-refractivity contribution in [2.24, 2.45) is 23.5 Å². The van der Waals surface area contributed by atoms with Gasteiger partial charge in [0.15, 0.2) is 0 Å². The van der Waals surface area contributed by atoms with E-state index in [0.29, 0.717) is 0 Å². The van der Waals surface area contributed by atoms with Crippen molar-refractivity contribution in [2.45, 2.75) is 18.1 Å². The zero-order chi connectivity index (χ0) is 10.7. The zero-order valence-corrected chi connectivity index (χ0v) is 7.18. The van der Waals surface area contributed by atoms with E-state index in [1.54, 1.807) is 0 Å². The summed E-state index contributed by atoms with van der Waals surface area (Å²) in [5, 5.41) is 17.5. The SMILES string of the molecule is N[C@]1(C(=O)O)C[C@H](F)[C@@H]2[C@@H](C(=O)O)[C@@H]21. The van der Waals surface area contributed by atoms with Gasteiger partial charge < -0.3 is 15.9 Å². The summed E-state index contributed by atoms with van der Waals surface area (Å²) in [6.07, 6.45) is -1.68. The third-order valence-corrected chi connectivity index (χ3v) is 3.30. The Morgan fingerprint density at radius 3 is 2.36 bits per heavy atom. The van der Waals surface area contributed by atoms with Gasteiger partial charge in [-0.05, 0) is 0 Å². The lowest BCUT2D eigenvalue weighted by molar-refractivity contribution is -0.145. The van der Waals surface area contributed by atoms with Gasteiger partial charge in [0, 0.05) is 18.3 Å². The van der Waals surface area contributed by atoms with E-state index >= 15 is 0 Å². The van der Waals surface area contributed by atoms with Gasteiger partial charge in [0.25, 0.3) is 0 Å². The molecule has 0 radical (unpaired) electrons. The van der Waals surface area contributed by atoms with Gasteiger partial charge in [-0.2, -0.15) is 0 Å². The highest BCUT2D eigenvalue weighted by molar-refractivity contribution is 5.85. The van der Waals surface area contributed by atoms with Crippen LogP contribution >= 0.6 is 0 Å². The number of hydrogen-bond acceptors (Lipinski definition) is 3. The van der Waals surface area contributed by atoms with Crippen LogP contribution in [0, 0.1) is 17.8 Å². The first-order valence-electron chi connectivity index (χ1n) is 4.28. The fourth-order valence-corrected chi connectivity index (χ4v) is 2.59. The third kappa shape index (κ3) is 0.914. The van der Waals surface area contributed by atoms with E-state index in [1.807, 2.05) is 0 Å². The van der Waals surface area contributed by atoms with Crippen LogP contribution in [0.3, 0.4) is 0 Å². The maximum absolute atomic E-state index is 13.2. The van der Waals surface area contributed by atoms with Crippen molar-refractivity contribution in [3.05, 3.63) is 0 Å². The molecule has 6 heteroatoms. The molecule has 0 amide bonds. The summed E-state index contributed by atoms with van der Waals surface area (Å²) in [7, 11) is 0. The minimum absolute atomic E-state index is 0.276. The van der Waals surface area contributed by atoms with E-state index in [1.165, 1.54) is 0 Å². The average Bonchev–Trinajstić information content (AvgIpc) is 2.72. The second kappa shape index (κ2) is 2.44. The molecule has 5 nitrogen and oxygen atoms in total. The van der Waals surface area contributed by atoms with Crippen LogP contribution in [0.1, 0.15) is 6.42 Å². The van der Waals surface area contributed by atoms with Gasteiger partial charge in [0.05, 0.1) is 5.92 Å².